The molecule has 1 aromatic rings. The minimum atomic E-state index is -1.72. The molecule has 2 aliphatic rings. The van der Waals surface area contributed by atoms with Crippen LogP contribution < -0.4 is 5.32 Å². The summed E-state index contributed by atoms with van der Waals surface area (Å²) in [4.78, 5) is 55.8. The summed E-state index contributed by atoms with van der Waals surface area (Å²) in [6.45, 7) is 7.47. The van der Waals surface area contributed by atoms with Gasteiger partial charge in [-0.25, -0.2) is 9.59 Å². The van der Waals surface area contributed by atoms with Crippen LogP contribution in [0.15, 0.2) is 30.0 Å². The van der Waals surface area contributed by atoms with Crippen molar-refractivity contribution in [2.75, 3.05) is 40.0 Å². The number of likely N-dealkylation sites (tertiary alicyclic amines) is 1. The van der Waals surface area contributed by atoms with Crippen LogP contribution in [0.2, 0.25) is 10.0 Å². The van der Waals surface area contributed by atoms with E-state index in [0.29, 0.717) is 40.9 Å². The van der Waals surface area contributed by atoms with Gasteiger partial charge in [-0.2, -0.15) is 0 Å². The van der Waals surface area contributed by atoms with Crippen molar-refractivity contribution in [2.45, 2.75) is 58.3 Å². The topological polar surface area (TPSA) is 124 Å². The number of rotatable bonds is 10. The summed E-state index contributed by atoms with van der Waals surface area (Å²) in [5, 5.41) is 3.55. The Labute approximate surface area is 250 Å². The largest absolute Gasteiger partial charge is 0.509 e. The molecule has 0 aliphatic carbocycles. The molecular weight excluding hydrogens is 577 g/mol. The van der Waals surface area contributed by atoms with E-state index in [-0.39, 0.29) is 32.7 Å². The van der Waals surface area contributed by atoms with Crippen LogP contribution in [0.4, 0.5) is 9.59 Å². The zero-order valence-corrected chi connectivity index (χ0v) is 25.5. The molecule has 41 heavy (non-hydrogen) atoms. The summed E-state index contributed by atoms with van der Waals surface area (Å²) in [5.74, 6) is -2.06. The first-order valence-electron chi connectivity index (χ1n) is 13.4. The number of halogens is 2. The fourth-order valence-corrected chi connectivity index (χ4v) is 5.26. The van der Waals surface area contributed by atoms with Gasteiger partial charge >= 0.3 is 12.2 Å². The molecule has 11 nitrogen and oxygen atoms in total. The number of benzene rings is 1. The molecule has 1 fully saturated rings. The van der Waals surface area contributed by atoms with Gasteiger partial charge in [-0.15, -0.1) is 0 Å². The number of nitrogens with one attached hydrogen (secondary N) is 1. The average molecular weight is 615 g/mol. The van der Waals surface area contributed by atoms with Crippen LogP contribution in [0.5, 0.6) is 0 Å². The molecule has 0 radical (unpaired) electrons. The van der Waals surface area contributed by atoms with Gasteiger partial charge in [-0.1, -0.05) is 29.3 Å². The number of methoxy groups -OCH3 is 1. The van der Waals surface area contributed by atoms with Crippen molar-refractivity contribution < 1.29 is 38.1 Å². The van der Waals surface area contributed by atoms with Gasteiger partial charge in [0.25, 0.3) is 0 Å². The minimum Gasteiger partial charge on any atom is -0.444 e. The van der Waals surface area contributed by atoms with Gasteiger partial charge in [0.15, 0.2) is 5.60 Å². The van der Waals surface area contributed by atoms with Gasteiger partial charge in [-0.3, -0.25) is 14.5 Å². The third-order valence-corrected chi connectivity index (χ3v) is 7.13. The monoisotopic (exact) mass is 613 g/mol. The number of carbonyl (C=O) groups is 4. The molecule has 0 aromatic heterocycles. The van der Waals surface area contributed by atoms with E-state index in [2.05, 4.69) is 5.32 Å². The van der Waals surface area contributed by atoms with Crippen LogP contribution in [0.3, 0.4) is 0 Å². The highest BCUT2D eigenvalue weighted by atomic mass is 35.5. The number of hydrogen-bond donors (Lipinski definition) is 1. The molecule has 0 bridgehead atoms. The van der Waals surface area contributed by atoms with Crippen LogP contribution in [-0.4, -0.2) is 85.0 Å². The molecule has 13 heteroatoms. The van der Waals surface area contributed by atoms with Crippen LogP contribution in [0.1, 0.15) is 46.1 Å². The quantitative estimate of drug-likeness (QED) is 0.301. The van der Waals surface area contributed by atoms with Gasteiger partial charge < -0.3 is 29.2 Å². The van der Waals surface area contributed by atoms with E-state index in [4.69, 9.17) is 42.1 Å². The highest BCUT2D eigenvalue weighted by Gasteiger charge is 2.62. The Morgan fingerprint density at radius 3 is 2.56 bits per heavy atom. The van der Waals surface area contributed by atoms with Crippen LogP contribution in [0, 0.1) is 5.92 Å². The fraction of sp³-hybridized carbons (Fsp3) is 0.571. The molecule has 3 rings (SSSR count). The number of ether oxygens (including phenoxy) is 4. The van der Waals surface area contributed by atoms with E-state index in [0.717, 1.165) is 0 Å². The maximum atomic E-state index is 14.1. The lowest BCUT2D eigenvalue weighted by Crippen LogP contribution is -2.56. The fourth-order valence-electron chi connectivity index (χ4n) is 4.79. The summed E-state index contributed by atoms with van der Waals surface area (Å²) in [6, 6.07) is 4.90. The van der Waals surface area contributed by atoms with Gasteiger partial charge in [0, 0.05) is 43.3 Å². The summed E-state index contributed by atoms with van der Waals surface area (Å²) in [5.41, 5.74) is -1.59. The molecule has 0 spiro atoms. The lowest BCUT2D eigenvalue weighted by Gasteiger charge is -2.41. The number of amides is 3. The maximum Gasteiger partial charge on any atom is 0.509 e. The summed E-state index contributed by atoms with van der Waals surface area (Å²) < 4.78 is 21.6. The summed E-state index contributed by atoms with van der Waals surface area (Å²) in [6.07, 6.45) is 0.202. The van der Waals surface area contributed by atoms with Gasteiger partial charge in [0.05, 0.1) is 31.3 Å². The van der Waals surface area contributed by atoms with Crippen LogP contribution in [-0.2, 0) is 35.1 Å². The second kappa shape index (κ2) is 13.8. The summed E-state index contributed by atoms with van der Waals surface area (Å²) in [7, 11) is 1.56. The van der Waals surface area contributed by atoms with E-state index in [1.807, 2.05) is 0 Å². The third-order valence-electron chi connectivity index (χ3n) is 6.54. The zero-order valence-electron chi connectivity index (χ0n) is 24.0. The van der Waals surface area contributed by atoms with Crippen LogP contribution >= 0.6 is 23.2 Å². The zero-order chi connectivity index (χ0) is 30.4. The third kappa shape index (κ3) is 8.05. The van der Waals surface area contributed by atoms with Crippen molar-refractivity contribution in [3.05, 3.63) is 45.6 Å². The Hall–Kier alpha value is -3.02. The van der Waals surface area contributed by atoms with Crippen molar-refractivity contribution in [2.24, 2.45) is 5.92 Å². The van der Waals surface area contributed by atoms with Crippen molar-refractivity contribution in [3.63, 3.8) is 0 Å². The van der Waals surface area contributed by atoms with Crippen molar-refractivity contribution in [1.29, 1.82) is 0 Å². The number of carbonyl (C=O) groups excluding carboxylic acids is 4. The number of hydrogen-bond acceptors (Lipinski definition) is 8. The van der Waals surface area contributed by atoms with Gasteiger partial charge in [-0.05, 0) is 57.9 Å². The van der Waals surface area contributed by atoms with E-state index < -0.39 is 41.2 Å². The Morgan fingerprint density at radius 1 is 1.20 bits per heavy atom. The smallest absolute Gasteiger partial charge is 0.444 e. The standard InChI is InChI=1S/C28H37Cl2N3O8/c1-6-39-26(37)41-28-17-32(25(36)40-27(2,3)4)12-10-22(28)33(16-18-8-9-19(29)14-21(18)30)24(35)20(28)15-23(34)31-11-7-13-38-5/h8-10,14,20H,6-7,11-13,15-17H2,1-5H3,(H,31,34)/t20-,28-/m1/s1. The molecule has 1 N–H and O–H groups in total. The number of fused-ring (bicyclic) bond motifs is 1. The Kier molecular flexibility index (Phi) is 10.9. The molecule has 1 saturated heterocycles. The van der Waals surface area contributed by atoms with Crippen molar-refractivity contribution >= 4 is 47.3 Å². The SMILES string of the molecule is CCOC(=O)O[C@@]12CN(C(=O)OC(C)(C)C)CC=C1N(Cc1ccc(Cl)cc1Cl)C(=O)[C@H]2CC(=O)NCCCOC. The van der Waals surface area contributed by atoms with Crippen LogP contribution in [0.25, 0.3) is 0 Å². The molecule has 0 unspecified atom stereocenters. The molecule has 3 amide bonds. The molecule has 1 aromatic carbocycles. The predicted octanol–water partition coefficient (Wildman–Crippen LogP) is 4.54. The van der Waals surface area contributed by atoms with Crippen molar-refractivity contribution in [1.82, 2.24) is 15.1 Å². The normalized spacial score (nSPS) is 20.3. The van der Waals surface area contributed by atoms with E-state index in [1.165, 1.54) is 9.80 Å². The molecule has 2 aliphatic heterocycles. The van der Waals surface area contributed by atoms with Gasteiger partial charge in [0.1, 0.15) is 5.60 Å². The Morgan fingerprint density at radius 2 is 1.93 bits per heavy atom. The first kappa shape index (κ1) is 32.5. The molecule has 2 heterocycles. The summed E-state index contributed by atoms with van der Waals surface area (Å²) >= 11 is 12.5. The van der Waals surface area contributed by atoms with E-state index >= 15 is 0 Å². The first-order valence-corrected chi connectivity index (χ1v) is 14.1. The molecule has 2 atom stereocenters. The van der Waals surface area contributed by atoms with E-state index in [9.17, 15) is 19.2 Å². The highest BCUT2D eigenvalue weighted by Crippen LogP contribution is 2.47. The molecule has 226 valence electrons. The lowest BCUT2D eigenvalue weighted by atomic mass is 9.82. The average Bonchev–Trinajstić information content (AvgIpc) is 3.09. The first-order chi connectivity index (χ1) is 19.3. The van der Waals surface area contributed by atoms with Crippen molar-refractivity contribution in [3.8, 4) is 0 Å². The Balaban J connectivity index is 2.05. The lowest BCUT2D eigenvalue weighted by molar-refractivity contribution is -0.138. The Bertz CT molecular complexity index is 1190. The van der Waals surface area contributed by atoms with Gasteiger partial charge in [0.2, 0.25) is 11.8 Å². The molecular formula is C28H37Cl2N3O8. The maximum absolute atomic E-state index is 14.1. The molecule has 0 saturated carbocycles. The number of nitrogens with zero attached hydrogens (tertiary/aromatic N) is 2. The predicted molar refractivity (Wildman–Crippen MR) is 151 cm³/mol. The minimum absolute atomic E-state index is 0.0203. The second-order valence-corrected chi connectivity index (χ2v) is 11.6. The van der Waals surface area contributed by atoms with E-state index in [1.54, 1.807) is 59.1 Å². The second-order valence-electron chi connectivity index (χ2n) is 10.7. The highest BCUT2D eigenvalue weighted by molar-refractivity contribution is 6.35.